The van der Waals surface area contributed by atoms with Gasteiger partial charge in [0.15, 0.2) is 0 Å². The highest BCUT2D eigenvalue weighted by atomic mass is 32.2. The highest BCUT2D eigenvalue weighted by Crippen LogP contribution is 2.21. The summed E-state index contributed by atoms with van der Waals surface area (Å²) in [5, 5.41) is 0. The number of carbonyl (C=O) groups excluding carboxylic acids is 1. The van der Waals surface area contributed by atoms with E-state index in [-0.39, 0.29) is 16.4 Å². The molecule has 0 aromatic heterocycles. The van der Waals surface area contributed by atoms with Crippen LogP contribution in [0.5, 0.6) is 0 Å². The summed E-state index contributed by atoms with van der Waals surface area (Å²) in [7, 11) is -3.54. The van der Waals surface area contributed by atoms with Crippen LogP contribution in [0, 0.1) is 6.92 Å². The lowest BCUT2D eigenvalue weighted by Crippen LogP contribution is -2.12. The first kappa shape index (κ1) is 15.1. The van der Waals surface area contributed by atoms with Gasteiger partial charge in [-0.1, -0.05) is 29.8 Å². The molecule has 0 aliphatic heterocycles. The number of aryl methyl sites for hydroxylation is 1. The van der Waals surface area contributed by atoms with Crippen molar-refractivity contribution in [2.45, 2.75) is 23.3 Å². The standard InChI is InChI=1S/C15H15NO4S/c1-11-2-6-13(7-3-11)21(18,19)14-8-4-12(5-9-14)10-20-15(16)17/h2-9H,10H2,1H3,(H2,16,17). The molecule has 0 unspecified atom stereocenters. The number of nitrogens with two attached hydrogens (primary N) is 1. The summed E-state index contributed by atoms with van der Waals surface area (Å²) in [5.74, 6) is 0. The van der Waals surface area contributed by atoms with E-state index < -0.39 is 15.9 Å². The molecule has 0 heterocycles. The van der Waals surface area contributed by atoms with Crippen molar-refractivity contribution in [2.75, 3.05) is 0 Å². The van der Waals surface area contributed by atoms with Crippen molar-refractivity contribution >= 4 is 15.9 Å². The summed E-state index contributed by atoms with van der Waals surface area (Å²) in [5.41, 5.74) is 6.53. The Morgan fingerprint density at radius 1 is 1.00 bits per heavy atom. The maximum atomic E-state index is 12.4. The molecule has 1 amide bonds. The Kier molecular flexibility index (Phi) is 4.28. The molecule has 2 N–H and O–H groups in total. The molecule has 2 aromatic carbocycles. The van der Waals surface area contributed by atoms with Crippen molar-refractivity contribution in [1.29, 1.82) is 0 Å². The predicted octanol–water partition coefficient (Wildman–Crippen LogP) is 2.42. The van der Waals surface area contributed by atoms with E-state index in [0.29, 0.717) is 5.56 Å². The average molecular weight is 305 g/mol. The third-order valence-electron chi connectivity index (χ3n) is 2.95. The molecule has 2 rings (SSSR count). The van der Waals surface area contributed by atoms with Crippen LogP contribution in [0.1, 0.15) is 11.1 Å². The number of hydrogen-bond donors (Lipinski definition) is 1. The van der Waals surface area contributed by atoms with Gasteiger partial charge in [-0.25, -0.2) is 13.2 Å². The number of ether oxygens (including phenoxy) is 1. The first-order valence-corrected chi connectivity index (χ1v) is 7.71. The van der Waals surface area contributed by atoms with E-state index in [1.807, 2.05) is 6.92 Å². The van der Waals surface area contributed by atoms with Gasteiger partial charge in [0.05, 0.1) is 9.79 Å². The minimum atomic E-state index is -3.54. The Hall–Kier alpha value is -2.34. The number of hydrogen-bond acceptors (Lipinski definition) is 4. The van der Waals surface area contributed by atoms with Gasteiger partial charge in [0.25, 0.3) is 0 Å². The van der Waals surface area contributed by atoms with Gasteiger partial charge in [0.2, 0.25) is 9.84 Å². The van der Waals surface area contributed by atoms with E-state index in [1.165, 1.54) is 12.1 Å². The molecule has 0 spiro atoms. The highest BCUT2D eigenvalue weighted by Gasteiger charge is 2.17. The molecular weight excluding hydrogens is 290 g/mol. The minimum Gasteiger partial charge on any atom is -0.445 e. The van der Waals surface area contributed by atoms with Crippen LogP contribution in [0.15, 0.2) is 58.3 Å². The molecule has 2 aromatic rings. The van der Waals surface area contributed by atoms with Crippen molar-refractivity contribution in [3.8, 4) is 0 Å². The van der Waals surface area contributed by atoms with Crippen LogP contribution in [-0.4, -0.2) is 14.5 Å². The first-order chi connectivity index (χ1) is 9.89. The predicted molar refractivity (Wildman–Crippen MR) is 77.4 cm³/mol. The molecule has 0 aliphatic rings. The zero-order chi connectivity index (χ0) is 15.5. The Morgan fingerprint density at radius 3 is 1.95 bits per heavy atom. The molecule has 0 fully saturated rings. The second-order valence-corrected chi connectivity index (χ2v) is 6.52. The molecule has 0 bridgehead atoms. The number of amides is 1. The molecule has 0 radical (unpaired) electrons. The molecule has 110 valence electrons. The number of rotatable bonds is 4. The van der Waals surface area contributed by atoms with E-state index in [2.05, 4.69) is 4.74 Å². The molecule has 21 heavy (non-hydrogen) atoms. The Morgan fingerprint density at radius 2 is 1.48 bits per heavy atom. The summed E-state index contributed by atoms with van der Waals surface area (Å²) in [4.78, 5) is 10.9. The van der Waals surface area contributed by atoms with E-state index in [0.717, 1.165) is 5.56 Å². The van der Waals surface area contributed by atoms with Crippen LogP contribution < -0.4 is 5.73 Å². The molecule has 0 saturated heterocycles. The zero-order valence-electron chi connectivity index (χ0n) is 11.4. The third-order valence-corrected chi connectivity index (χ3v) is 4.73. The monoisotopic (exact) mass is 305 g/mol. The third kappa shape index (κ3) is 3.61. The van der Waals surface area contributed by atoms with Crippen LogP contribution in [0.25, 0.3) is 0 Å². The van der Waals surface area contributed by atoms with Gasteiger partial charge in [0.1, 0.15) is 6.61 Å². The van der Waals surface area contributed by atoms with Gasteiger partial charge in [-0.15, -0.1) is 0 Å². The fraction of sp³-hybridized carbons (Fsp3) is 0.133. The summed E-state index contributed by atoms with van der Waals surface area (Å²) in [6.07, 6.45) is -0.869. The van der Waals surface area contributed by atoms with Crippen molar-refractivity contribution in [2.24, 2.45) is 5.73 Å². The molecule has 6 heteroatoms. The van der Waals surface area contributed by atoms with Crippen LogP contribution in [-0.2, 0) is 21.2 Å². The molecule has 0 saturated carbocycles. The van der Waals surface area contributed by atoms with Crippen LogP contribution in [0.2, 0.25) is 0 Å². The quantitative estimate of drug-likeness (QED) is 0.939. The minimum absolute atomic E-state index is 0.0141. The second-order valence-electron chi connectivity index (χ2n) is 4.57. The van der Waals surface area contributed by atoms with Gasteiger partial charge in [-0.05, 0) is 36.8 Å². The SMILES string of the molecule is Cc1ccc(S(=O)(=O)c2ccc(COC(N)=O)cc2)cc1. The molecular formula is C15H15NO4S. The van der Waals surface area contributed by atoms with Crippen molar-refractivity contribution in [1.82, 2.24) is 0 Å². The van der Waals surface area contributed by atoms with Crippen molar-refractivity contribution in [3.05, 3.63) is 59.7 Å². The van der Waals surface area contributed by atoms with E-state index in [9.17, 15) is 13.2 Å². The Labute approximate surface area is 123 Å². The summed E-state index contributed by atoms with van der Waals surface area (Å²) in [6.45, 7) is 1.91. The maximum Gasteiger partial charge on any atom is 0.404 e. The van der Waals surface area contributed by atoms with Gasteiger partial charge in [-0.2, -0.15) is 0 Å². The van der Waals surface area contributed by atoms with E-state index in [4.69, 9.17) is 5.73 Å². The average Bonchev–Trinajstić information content (AvgIpc) is 2.46. The van der Waals surface area contributed by atoms with Crippen LogP contribution in [0.4, 0.5) is 4.79 Å². The fourth-order valence-electron chi connectivity index (χ4n) is 1.77. The number of primary amides is 1. The van der Waals surface area contributed by atoms with Crippen LogP contribution in [0.3, 0.4) is 0 Å². The highest BCUT2D eigenvalue weighted by molar-refractivity contribution is 7.91. The van der Waals surface area contributed by atoms with Gasteiger partial charge in [0, 0.05) is 0 Å². The summed E-state index contributed by atoms with van der Waals surface area (Å²) in [6, 6.07) is 12.8. The number of sulfone groups is 1. The fourth-order valence-corrected chi connectivity index (χ4v) is 3.03. The zero-order valence-corrected chi connectivity index (χ0v) is 12.3. The lowest BCUT2D eigenvalue weighted by Gasteiger charge is -2.06. The molecule has 5 nitrogen and oxygen atoms in total. The smallest absolute Gasteiger partial charge is 0.404 e. The lowest BCUT2D eigenvalue weighted by atomic mass is 10.2. The summed E-state index contributed by atoms with van der Waals surface area (Å²) < 4.78 is 29.5. The van der Waals surface area contributed by atoms with Crippen LogP contribution >= 0.6 is 0 Å². The van der Waals surface area contributed by atoms with E-state index in [1.54, 1.807) is 36.4 Å². The molecule has 0 aliphatic carbocycles. The maximum absolute atomic E-state index is 12.4. The number of benzene rings is 2. The van der Waals surface area contributed by atoms with Crippen molar-refractivity contribution < 1.29 is 17.9 Å². The Balaban J connectivity index is 2.24. The largest absolute Gasteiger partial charge is 0.445 e. The first-order valence-electron chi connectivity index (χ1n) is 6.22. The Bertz CT molecular complexity index is 734. The van der Waals surface area contributed by atoms with E-state index >= 15 is 0 Å². The van der Waals surface area contributed by atoms with Gasteiger partial charge in [-0.3, -0.25) is 0 Å². The summed E-state index contributed by atoms with van der Waals surface area (Å²) >= 11 is 0. The lowest BCUT2D eigenvalue weighted by molar-refractivity contribution is 0.150. The van der Waals surface area contributed by atoms with Crippen molar-refractivity contribution in [3.63, 3.8) is 0 Å². The van der Waals surface area contributed by atoms with Gasteiger partial charge < -0.3 is 10.5 Å². The second kappa shape index (κ2) is 5.97. The number of carbonyl (C=O) groups is 1. The normalized spacial score (nSPS) is 11.1. The topological polar surface area (TPSA) is 86.5 Å². The molecule has 0 atom stereocenters. The van der Waals surface area contributed by atoms with Gasteiger partial charge >= 0.3 is 6.09 Å².